The van der Waals surface area contributed by atoms with Crippen molar-refractivity contribution in [2.24, 2.45) is 0 Å². The first-order chi connectivity index (χ1) is 10.0. The molecule has 116 valence electrons. The summed E-state index contributed by atoms with van der Waals surface area (Å²) in [4.78, 5) is 14.3. The van der Waals surface area contributed by atoms with E-state index in [1.165, 1.54) is 6.07 Å². The minimum absolute atomic E-state index is 0.0933. The smallest absolute Gasteiger partial charge is 0.242 e. The van der Waals surface area contributed by atoms with Gasteiger partial charge < -0.3 is 10.1 Å². The summed E-state index contributed by atoms with van der Waals surface area (Å²) in [6.45, 7) is 1.35. The second kappa shape index (κ2) is 6.73. The van der Waals surface area contributed by atoms with E-state index in [9.17, 15) is 9.18 Å². The van der Waals surface area contributed by atoms with Crippen LogP contribution in [0, 0.1) is 5.82 Å². The third-order valence-electron chi connectivity index (χ3n) is 4.05. The largest absolute Gasteiger partial charge is 0.382 e. The number of methoxy groups -OCH3 is 1. The number of nitrogens with one attached hydrogen (secondary N) is 1. The molecule has 1 unspecified atom stereocenters. The Morgan fingerprint density at radius 3 is 3.00 bits per heavy atom. The first-order valence-electron chi connectivity index (χ1n) is 6.94. The van der Waals surface area contributed by atoms with Crippen LogP contribution in [0.25, 0.3) is 0 Å². The standard InChI is InChI=1S/C15H20ClFN2O2/c1-18-14(20)15(10-21-2)7-4-8-19(15)9-11-5-3-6-12(16)13(11)17/h3,5-6H,4,7-10H2,1-2H3,(H,18,20). The van der Waals surface area contributed by atoms with Gasteiger partial charge in [-0.2, -0.15) is 0 Å². The molecule has 1 saturated heterocycles. The molecule has 0 bridgehead atoms. The van der Waals surface area contributed by atoms with Crippen molar-refractivity contribution in [3.05, 3.63) is 34.6 Å². The zero-order valence-electron chi connectivity index (χ0n) is 12.3. The van der Waals surface area contributed by atoms with Gasteiger partial charge in [0.05, 0.1) is 11.6 Å². The molecular formula is C15H20ClFN2O2. The molecule has 1 atom stereocenters. The first-order valence-corrected chi connectivity index (χ1v) is 7.32. The number of hydrogen-bond donors (Lipinski definition) is 1. The molecule has 1 aromatic rings. The lowest BCUT2D eigenvalue weighted by atomic mass is 9.95. The third kappa shape index (κ3) is 3.05. The fraction of sp³-hybridized carbons (Fsp3) is 0.533. The van der Waals surface area contributed by atoms with Crippen LogP contribution in [-0.4, -0.2) is 43.7 Å². The molecule has 6 heteroatoms. The number of ether oxygens (including phenoxy) is 1. The van der Waals surface area contributed by atoms with Crippen molar-refractivity contribution in [3.8, 4) is 0 Å². The number of amides is 1. The Balaban J connectivity index is 2.28. The van der Waals surface area contributed by atoms with E-state index < -0.39 is 11.4 Å². The van der Waals surface area contributed by atoms with Crippen molar-refractivity contribution in [3.63, 3.8) is 0 Å². The van der Waals surface area contributed by atoms with E-state index in [0.29, 0.717) is 18.5 Å². The van der Waals surface area contributed by atoms with E-state index in [-0.39, 0.29) is 17.5 Å². The molecule has 1 aliphatic heterocycles. The minimum Gasteiger partial charge on any atom is -0.382 e. The number of likely N-dealkylation sites (tertiary alicyclic amines) is 1. The van der Waals surface area contributed by atoms with Crippen molar-refractivity contribution in [2.75, 3.05) is 27.3 Å². The van der Waals surface area contributed by atoms with Gasteiger partial charge in [0, 0.05) is 26.3 Å². The first kappa shape index (κ1) is 16.2. The predicted octanol–water partition coefficient (Wildman–Crippen LogP) is 2.21. The van der Waals surface area contributed by atoms with E-state index in [1.807, 2.05) is 4.90 Å². The number of carbonyl (C=O) groups is 1. The highest BCUT2D eigenvalue weighted by atomic mass is 35.5. The summed E-state index contributed by atoms with van der Waals surface area (Å²) < 4.78 is 19.3. The van der Waals surface area contributed by atoms with E-state index in [0.717, 1.165) is 13.0 Å². The Kier molecular flexibility index (Phi) is 5.19. The Morgan fingerprint density at radius 2 is 2.33 bits per heavy atom. The molecule has 1 fully saturated rings. The van der Waals surface area contributed by atoms with Crippen molar-refractivity contribution in [1.82, 2.24) is 10.2 Å². The molecule has 1 amide bonds. The topological polar surface area (TPSA) is 41.6 Å². The Hall–Kier alpha value is -1.17. The highest BCUT2D eigenvalue weighted by molar-refractivity contribution is 6.30. The van der Waals surface area contributed by atoms with Crippen LogP contribution in [0.4, 0.5) is 4.39 Å². The van der Waals surface area contributed by atoms with Crippen LogP contribution in [0.15, 0.2) is 18.2 Å². The van der Waals surface area contributed by atoms with Crippen LogP contribution in [0.5, 0.6) is 0 Å². The van der Waals surface area contributed by atoms with E-state index in [4.69, 9.17) is 16.3 Å². The van der Waals surface area contributed by atoms with Crippen LogP contribution in [0.3, 0.4) is 0 Å². The van der Waals surface area contributed by atoms with Gasteiger partial charge in [0.2, 0.25) is 5.91 Å². The molecule has 21 heavy (non-hydrogen) atoms. The average molecular weight is 315 g/mol. The quantitative estimate of drug-likeness (QED) is 0.906. The molecule has 0 aromatic heterocycles. The summed E-state index contributed by atoms with van der Waals surface area (Å²) in [6.07, 6.45) is 1.57. The zero-order valence-corrected chi connectivity index (χ0v) is 13.0. The maximum atomic E-state index is 14.1. The van der Waals surface area contributed by atoms with Crippen LogP contribution in [0.1, 0.15) is 18.4 Å². The normalized spacial score (nSPS) is 22.5. The Labute approximate surface area is 129 Å². The van der Waals surface area contributed by atoms with Crippen molar-refractivity contribution in [1.29, 1.82) is 0 Å². The molecular weight excluding hydrogens is 295 g/mol. The van der Waals surface area contributed by atoms with Crippen LogP contribution in [-0.2, 0) is 16.1 Å². The third-order valence-corrected chi connectivity index (χ3v) is 4.34. The molecule has 1 aromatic carbocycles. The van der Waals surface area contributed by atoms with Gasteiger partial charge in [0.25, 0.3) is 0 Å². The van der Waals surface area contributed by atoms with Crippen molar-refractivity contribution >= 4 is 17.5 Å². The monoisotopic (exact) mass is 314 g/mol. The zero-order chi connectivity index (χ0) is 15.5. The van der Waals surface area contributed by atoms with Crippen LogP contribution >= 0.6 is 11.6 Å². The number of nitrogens with zero attached hydrogens (tertiary/aromatic N) is 1. The van der Waals surface area contributed by atoms with Gasteiger partial charge in [0.15, 0.2) is 0 Å². The minimum atomic E-state index is -0.738. The summed E-state index contributed by atoms with van der Waals surface area (Å²) in [5, 5.41) is 2.79. The maximum Gasteiger partial charge on any atom is 0.242 e. The summed E-state index contributed by atoms with van der Waals surface area (Å²) in [5.74, 6) is -0.515. The van der Waals surface area contributed by atoms with Gasteiger partial charge in [-0.3, -0.25) is 9.69 Å². The number of hydrogen-bond acceptors (Lipinski definition) is 3. The summed E-state index contributed by atoms with van der Waals surface area (Å²) >= 11 is 5.82. The molecule has 1 N–H and O–H groups in total. The molecule has 1 aliphatic rings. The summed E-state index contributed by atoms with van der Waals surface area (Å²) in [6, 6.07) is 4.93. The lowest BCUT2D eigenvalue weighted by Gasteiger charge is -2.36. The number of halogens is 2. The lowest BCUT2D eigenvalue weighted by Crippen LogP contribution is -2.57. The predicted molar refractivity (Wildman–Crippen MR) is 79.7 cm³/mol. The summed E-state index contributed by atoms with van der Waals surface area (Å²) in [5.41, 5.74) is -0.244. The number of carbonyl (C=O) groups excluding carboxylic acids is 1. The van der Waals surface area contributed by atoms with E-state index in [1.54, 1.807) is 26.3 Å². The molecule has 2 rings (SSSR count). The fourth-order valence-corrected chi connectivity index (χ4v) is 3.19. The van der Waals surface area contributed by atoms with Gasteiger partial charge >= 0.3 is 0 Å². The van der Waals surface area contributed by atoms with E-state index in [2.05, 4.69) is 5.32 Å². The Morgan fingerprint density at radius 1 is 1.57 bits per heavy atom. The van der Waals surface area contributed by atoms with Gasteiger partial charge in [-0.25, -0.2) is 4.39 Å². The molecule has 0 radical (unpaired) electrons. The van der Waals surface area contributed by atoms with Crippen LogP contribution < -0.4 is 5.32 Å². The number of likely N-dealkylation sites (N-methyl/N-ethyl adjacent to an activating group) is 1. The van der Waals surface area contributed by atoms with E-state index >= 15 is 0 Å². The number of benzene rings is 1. The van der Waals surface area contributed by atoms with Crippen molar-refractivity contribution < 1.29 is 13.9 Å². The second-order valence-corrected chi connectivity index (χ2v) is 5.69. The molecule has 0 aliphatic carbocycles. The highest BCUT2D eigenvalue weighted by Gasteiger charge is 2.47. The summed E-state index contributed by atoms with van der Waals surface area (Å²) in [7, 11) is 3.18. The van der Waals surface area contributed by atoms with Crippen molar-refractivity contribution in [2.45, 2.75) is 24.9 Å². The maximum absolute atomic E-state index is 14.1. The lowest BCUT2D eigenvalue weighted by molar-refractivity contribution is -0.135. The van der Waals surface area contributed by atoms with Crippen LogP contribution in [0.2, 0.25) is 5.02 Å². The van der Waals surface area contributed by atoms with Gasteiger partial charge in [-0.05, 0) is 25.5 Å². The highest BCUT2D eigenvalue weighted by Crippen LogP contribution is 2.32. The SMILES string of the molecule is CNC(=O)C1(COC)CCCN1Cc1cccc(Cl)c1F. The molecule has 1 heterocycles. The molecule has 0 saturated carbocycles. The second-order valence-electron chi connectivity index (χ2n) is 5.28. The van der Waals surface area contributed by atoms with Gasteiger partial charge in [-0.1, -0.05) is 23.7 Å². The average Bonchev–Trinajstić information content (AvgIpc) is 2.87. The molecule has 4 nitrogen and oxygen atoms in total. The van der Waals surface area contributed by atoms with Gasteiger partial charge in [-0.15, -0.1) is 0 Å². The Bertz CT molecular complexity index is 526. The number of rotatable bonds is 5. The van der Waals surface area contributed by atoms with Gasteiger partial charge in [0.1, 0.15) is 11.4 Å². The molecule has 0 spiro atoms. The fourth-order valence-electron chi connectivity index (χ4n) is 3.00.